The molecule has 0 heterocycles. The second-order valence-corrected chi connectivity index (χ2v) is 15.6. The van der Waals surface area contributed by atoms with Crippen molar-refractivity contribution in [3.05, 3.63) is 0 Å². The quantitative estimate of drug-likeness (QED) is 0.226. The molecular weight excluding hydrogens is 677 g/mol. The summed E-state index contributed by atoms with van der Waals surface area (Å²) in [5.41, 5.74) is -6.28. The van der Waals surface area contributed by atoms with Gasteiger partial charge in [0.05, 0.1) is 19.3 Å². The Morgan fingerprint density at radius 2 is 0.457 bits per heavy atom. The molecule has 0 bridgehead atoms. The molecule has 0 aliphatic heterocycles. The third-order valence-electron chi connectivity index (χ3n) is 7.17. The van der Waals surface area contributed by atoms with Gasteiger partial charge in [-0.3, -0.25) is 43.2 Å². The van der Waals surface area contributed by atoms with Gasteiger partial charge < -0.3 is 15.3 Å². The van der Waals surface area contributed by atoms with Crippen LogP contribution < -0.4 is 0 Å². The summed E-state index contributed by atoms with van der Waals surface area (Å²) in [4.78, 5) is 102. The maximum atomic E-state index is 11.6. The molecule has 0 unspecified atom stereocenters. The maximum absolute atomic E-state index is 11.6. The van der Waals surface area contributed by atoms with E-state index in [9.17, 15) is 43.2 Å². The number of rotatable bonds is 12. The Balaban J connectivity index is -0.000000285. The molecule has 46 heavy (non-hydrogen) atoms. The minimum atomic E-state index is -1.49. The second-order valence-electron chi connectivity index (χ2n) is 15.6. The van der Waals surface area contributed by atoms with E-state index in [2.05, 4.69) is 0 Å². The van der Waals surface area contributed by atoms with Crippen LogP contribution in [0.2, 0.25) is 0 Å². The van der Waals surface area contributed by atoms with Gasteiger partial charge in [0.1, 0.15) is 33.6 Å². The Hall–Kier alpha value is -2.47. The number of carboxylic acids is 3. The summed E-state index contributed by atoms with van der Waals surface area (Å²) in [5, 5.41) is 26.4. The van der Waals surface area contributed by atoms with Crippen molar-refractivity contribution >= 4 is 52.6 Å². The number of aliphatic carboxylic acids is 3. The summed E-state index contributed by atoms with van der Waals surface area (Å²) in [7, 11) is 0. The van der Waals surface area contributed by atoms with Gasteiger partial charge in [-0.2, -0.15) is 0 Å². The van der Waals surface area contributed by atoms with Crippen LogP contribution in [0.25, 0.3) is 0 Å². The average Bonchev–Trinajstić information content (AvgIpc) is 2.82. The van der Waals surface area contributed by atoms with Gasteiger partial charge in [-0.15, -0.1) is 0 Å². The predicted molar refractivity (Wildman–Crippen MR) is 167 cm³/mol. The fourth-order valence-electron chi connectivity index (χ4n) is 2.25. The SMILES string of the molecule is CC(C)(C)C(=O)CC(=O)C(C)(C)C(=O)O.CC(C)(C)C(=O)CC(=O)C(C)(C)C(=O)O.CC(C)(C)C(=O)CC(=O)C(C)(C)C(=O)O.[Y]. The van der Waals surface area contributed by atoms with E-state index >= 15 is 0 Å². The number of Topliss-reactive ketones (excluding diaryl/α,β-unsaturated/α-hetero) is 6. The Bertz CT molecular complexity index is 1040. The first-order valence-corrected chi connectivity index (χ1v) is 14.4. The normalized spacial score (nSPS) is 12.1. The number of carbonyl (C=O) groups excluding carboxylic acids is 6. The molecule has 0 atom stereocenters. The van der Waals surface area contributed by atoms with Crippen molar-refractivity contribution in [2.24, 2.45) is 32.5 Å². The van der Waals surface area contributed by atoms with E-state index in [1.54, 1.807) is 62.3 Å². The third kappa shape index (κ3) is 16.9. The van der Waals surface area contributed by atoms with Gasteiger partial charge in [0.2, 0.25) is 0 Å². The van der Waals surface area contributed by atoms with Gasteiger partial charge in [0, 0.05) is 49.0 Å². The zero-order chi connectivity index (χ0) is 37.3. The second kappa shape index (κ2) is 18.2. The zero-order valence-corrected chi connectivity index (χ0v) is 33.1. The molecule has 0 saturated carbocycles. The van der Waals surface area contributed by atoms with Crippen molar-refractivity contribution in [1.82, 2.24) is 0 Å². The maximum Gasteiger partial charge on any atom is 0.316 e. The molecule has 12 nitrogen and oxygen atoms in total. The molecule has 0 amide bonds. The summed E-state index contributed by atoms with van der Waals surface area (Å²) in [6.45, 7) is 23.2. The molecule has 261 valence electrons. The Kier molecular flexibility index (Phi) is 19.9. The van der Waals surface area contributed by atoms with Crippen molar-refractivity contribution in [3.63, 3.8) is 0 Å². The number of ketones is 6. The molecule has 3 N–H and O–H groups in total. The largest absolute Gasteiger partial charge is 0.481 e. The summed E-state index contributed by atoms with van der Waals surface area (Å²) in [5.74, 6) is -5.94. The number of hydrogen-bond acceptors (Lipinski definition) is 9. The van der Waals surface area contributed by atoms with E-state index < -0.39 is 67.7 Å². The smallest absolute Gasteiger partial charge is 0.316 e. The summed E-state index contributed by atoms with van der Waals surface area (Å²) in [6, 6.07) is 0. The van der Waals surface area contributed by atoms with Crippen LogP contribution in [0, 0.1) is 32.5 Å². The molecule has 0 aromatic carbocycles. The van der Waals surface area contributed by atoms with Crippen molar-refractivity contribution < 1.29 is 91.2 Å². The van der Waals surface area contributed by atoms with E-state index in [-0.39, 0.29) is 69.3 Å². The van der Waals surface area contributed by atoms with E-state index in [4.69, 9.17) is 15.3 Å². The van der Waals surface area contributed by atoms with Crippen molar-refractivity contribution in [2.45, 2.75) is 123 Å². The Labute approximate surface area is 298 Å². The molecular formula is C33H54O12Y. The molecule has 0 rings (SSSR count). The van der Waals surface area contributed by atoms with Crippen LogP contribution in [0.4, 0.5) is 0 Å². The summed E-state index contributed by atoms with van der Waals surface area (Å²) >= 11 is 0. The summed E-state index contributed by atoms with van der Waals surface area (Å²) < 4.78 is 0. The van der Waals surface area contributed by atoms with Crippen LogP contribution in [0.3, 0.4) is 0 Å². The molecule has 0 aromatic heterocycles. The zero-order valence-electron chi connectivity index (χ0n) is 30.2. The first kappa shape index (κ1) is 50.4. The van der Waals surface area contributed by atoms with Crippen molar-refractivity contribution in [1.29, 1.82) is 0 Å². The molecule has 1 radical (unpaired) electrons. The van der Waals surface area contributed by atoms with E-state index in [1.165, 1.54) is 41.5 Å². The fourth-order valence-corrected chi connectivity index (χ4v) is 2.25. The first-order chi connectivity index (χ1) is 19.5. The van der Waals surface area contributed by atoms with E-state index in [1.807, 2.05) is 0 Å². The Morgan fingerprint density at radius 3 is 0.543 bits per heavy atom. The number of carboxylic acid groups (broad SMARTS) is 3. The van der Waals surface area contributed by atoms with Gasteiger partial charge in [-0.25, -0.2) is 0 Å². The standard InChI is InChI=1S/3C11H18O4.Y/c3*1-10(2,3)7(12)6-8(13)11(4,5)9(14)15;/h3*6H2,1-5H3,(H,14,15);. The van der Waals surface area contributed by atoms with E-state index in [0.717, 1.165) is 0 Å². The minimum Gasteiger partial charge on any atom is -0.481 e. The fraction of sp³-hybridized carbons (Fsp3) is 0.727. The van der Waals surface area contributed by atoms with Crippen LogP contribution in [-0.2, 0) is 75.9 Å². The molecule has 0 aliphatic rings. The van der Waals surface area contributed by atoms with Gasteiger partial charge in [0.25, 0.3) is 0 Å². The molecule has 0 aliphatic carbocycles. The number of hydrogen-bond donors (Lipinski definition) is 3. The van der Waals surface area contributed by atoms with Crippen molar-refractivity contribution in [2.75, 3.05) is 0 Å². The van der Waals surface area contributed by atoms with E-state index in [0.29, 0.717) is 0 Å². The third-order valence-corrected chi connectivity index (χ3v) is 7.17. The van der Waals surface area contributed by atoms with Crippen LogP contribution in [0.1, 0.15) is 123 Å². The van der Waals surface area contributed by atoms with Gasteiger partial charge in [-0.05, 0) is 41.5 Å². The first-order valence-electron chi connectivity index (χ1n) is 14.4. The van der Waals surface area contributed by atoms with Crippen LogP contribution >= 0.6 is 0 Å². The van der Waals surface area contributed by atoms with Crippen LogP contribution in [-0.4, -0.2) is 67.9 Å². The minimum absolute atomic E-state index is 0. The van der Waals surface area contributed by atoms with Crippen LogP contribution in [0.5, 0.6) is 0 Å². The van der Waals surface area contributed by atoms with Gasteiger partial charge >= 0.3 is 17.9 Å². The topological polar surface area (TPSA) is 214 Å². The monoisotopic (exact) mass is 731 g/mol. The Morgan fingerprint density at radius 1 is 0.326 bits per heavy atom. The molecule has 0 aromatic rings. The molecule has 0 spiro atoms. The van der Waals surface area contributed by atoms with Crippen molar-refractivity contribution in [3.8, 4) is 0 Å². The number of carbonyl (C=O) groups is 9. The average molecular weight is 732 g/mol. The van der Waals surface area contributed by atoms with Gasteiger partial charge in [-0.1, -0.05) is 62.3 Å². The van der Waals surface area contributed by atoms with Gasteiger partial charge in [0.15, 0.2) is 17.3 Å². The van der Waals surface area contributed by atoms with Crippen LogP contribution in [0.15, 0.2) is 0 Å². The molecule has 0 saturated heterocycles. The predicted octanol–water partition coefficient (Wildman–Crippen LogP) is 5.01. The summed E-state index contributed by atoms with van der Waals surface area (Å²) in [6.07, 6.45) is -0.950. The molecule has 13 heteroatoms. The molecule has 0 fully saturated rings.